The Morgan fingerprint density at radius 2 is 1.63 bits per heavy atom. The summed E-state index contributed by atoms with van der Waals surface area (Å²) in [5.41, 5.74) is 1.55. The third-order valence-electron chi connectivity index (χ3n) is 5.44. The van der Waals surface area contributed by atoms with E-state index in [-0.39, 0.29) is 5.78 Å². The standard InChI is InChI=1S/C23H20O4/c1-14(24)20-19(21-18(12-13-27-21)22(25)23(20,2)26)17-10-8-16(9-11-17)15-6-4-3-5-7-15/h3-13,19-20,26H,1-2H3/t19-,20-,23+/m0/s1. The monoisotopic (exact) mass is 360 g/mol. The van der Waals surface area contributed by atoms with Crippen molar-refractivity contribution < 1.29 is 19.1 Å². The first-order chi connectivity index (χ1) is 12.9. The van der Waals surface area contributed by atoms with E-state index in [1.165, 1.54) is 20.1 Å². The van der Waals surface area contributed by atoms with Crippen molar-refractivity contribution in [1.82, 2.24) is 0 Å². The van der Waals surface area contributed by atoms with E-state index in [9.17, 15) is 14.7 Å². The van der Waals surface area contributed by atoms with Crippen LogP contribution in [0, 0.1) is 5.92 Å². The van der Waals surface area contributed by atoms with Crippen LogP contribution in [0.5, 0.6) is 0 Å². The molecule has 0 saturated heterocycles. The van der Waals surface area contributed by atoms with E-state index in [0.29, 0.717) is 11.3 Å². The van der Waals surface area contributed by atoms with Crippen LogP contribution in [-0.4, -0.2) is 22.3 Å². The topological polar surface area (TPSA) is 67.5 Å². The van der Waals surface area contributed by atoms with Crippen LogP contribution in [0.15, 0.2) is 71.3 Å². The normalized spacial score (nSPS) is 24.5. The van der Waals surface area contributed by atoms with Crippen molar-refractivity contribution in [2.24, 2.45) is 5.92 Å². The lowest BCUT2D eigenvalue weighted by molar-refractivity contribution is -0.128. The average Bonchev–Trinajstić information content (AvgIpc) is 3.14. The Morgan fingerprint density at radius 1 is 1.00 bits per heavy atom. The number of hydrogen-bond donors (Lipinski definition) is 1. The van der Waals surface area contributed by atoms with Gasteiger partial charge in [0.05, 0.1) is 23.7 Å². The highest BCUT2D eigenvalue weighted by Gasteiger charge is 2.53. The predicted octanol–water partition coefficient (Wildman–Crippen LogP) is 4.23. The fraction of sp³-hybridized carbons (Fsp3) is 0.217. The number of carbonyl (C=O) groups is 2. The SMILES string of the molecule is CC(=O)[C@H]1[C@H](c2ccc(-c3ccccc3)cc2)c2occc2C(=O)[C@]1(C)O. The maximum atomic E-state index is 12.7. The Morgan fingerprint density at radius 3 is 2.26 bits per heavy atom. The van der Waals surface area contributed by atoms with Crippen molar-refractivity contribution in [1.29, 1.82) is 0 Å². The quantitative estimate of drug-likeness (QED) is 0.759. The molecular formula is C23H20O4. The van der Waals surface area contributed by atoms with Crippen molar-refractivity contribution >= 4 is 11.6 Å². The molecule has 0 aliphatic heterocycles. The van der Waals surface area contributed by atoms with Gasteiger partial charge in [0.25, 0.3) is 0 Å². The van der Waals surface area contributed by atoms with Crippen molar-refractivity contribution in [3.05, 3.63) is 83.8 Å². The van der Waals surface area contributed by atoms with Gasteiger partial charge in [-0.3, -0.25) is 9.59 Å². The van der Waals surface area contributed by atoms with Crippen LogP contribution >= 0.6 is 0 Å². The zero-order valence-electron chi connectivity index (χ0n) is 15.2. The van der Waals surface area contributed by atoms with E-state index in [1.807, 2.05) is 54.6 Å². The number of Topliss-reactive ketones (excluding diaryl/α,β-unsaturated/α-hetero) is 2. The Bertz CT molecular complexity index is 996. The third kappa shape index (κ3) is 2.73. The molecule has 0 saturated carbocycles. The molecule has 0 spiro atoms. The van der Waals surface area contributed by atoms with Gasteiger partial charge in [-0.15, -0.1) is 0 Å². The van der Waals surface area contributed by atoms with Crippen LogP contribution in [0.3, 0.4) is 0 Å². The highest BCUT2D eigenvalue weighted by molar-refractivity contribution is 6.08. The second kappa shape index (κ2) is 6.32. The van der Waals surface area contributed by atoms with Crippen molar-refractivity contribution in [3.8, 4) is 11.1 Å². The van der Waals surface area contributed by atoms with Crippen molar-refractivity contribution in [3.63, 3.8) is 0 Å². The molecule has 27 heavy (non-hydrogen) atoms. The minimum atomic E-state index is -1.77. The number of furan rings is 1. The third-order valence-corrected chi connectivity index (χ3v) is 5.44. The molecule has 1 aromatic heterocycles. The van der Waals surface area contributed by atoms with Crippen molar-refractivity contribution in [2.75, 3.05) is 0 Å². The fourth-order valence-electron chi connectivity index (χ4n) is 4.13. The van der Waals surface area contributed by atoms with Crippen LogP contribution in [0.4, 0.5) is 0 Å². The number of fused-ring (bicyclic) bond motifs is 1. The van der Waals surface area contributed by atoms with Gasteiger partial charge in [0.15, 0.2) is 5.78 Å². The second-order valence-corrected chi connectivity index (χ2v) is 7.23. The lowest BCUT2D eigenvalue weighted by Crippen LogP contribution is -2.52. The Kier molecular flexibility index (Phi) is 4.08. The minimum Gasteiger partial charge on any atom is -0.468 e. The predicted molar refractivity (Wildman–Crippen MR) is 102 cm³/mol. The molecule has 3 atom stereocenters. The van der Waals surface area contributed by atoms with Crippen LogP contribution in [-0.2, 0) is 4.79 Å². The van der Waals surface area contributed by atoms with E-state index in [2.05, 4.69) is 0 Å². The smallest absolute Gasteiger partial charge is 0.198 e. The van der Waals surface area contributed by atoms with Crippen LogP contribution < -0.4 is 0 Å². The molecule has 0 fully saturated rings. The Labute approximate surface area is 157 Å². The van der Waals surface area contributed by atoms with Gasteiger partial charge in [-0.25, -0.2) is 0 Å². The molecule has 2 aromatic carbocycles. The molecule has 1 aliphatic rings. The molecule has 0 bridgehead atoms. The molecule has 4 nitrogen and oxygen atoms in total. The largest absolute Gasteiger partial charge is 0.468 e. The summed E-state index contributed by atoms with van der Waals surface area (Å²) in [6.07, 6.45) is 1.44. The molecule has 1 aliphatic carbocycles. The lowest BCUT2D eigenvalue weighted by Gasteiger charge is -2.39. The van der Waals surface area contributed by atoms with Gasteiger partial charge in [-0.05, 0) is 36.6 Å². The second-order valence-electron chi connectivity index (χ2n) is 7.23. The molecule has 0 radical (unpaired) electrons. The first kappa shape index (κ1) is 17.4. The molecule has 1 N–H and O–H groups in total. The summed E-state index contributed by atoms with van der Waals surface area (Å²) < 4.78 is 5.60. The lowest BCUT2D eigenvalue weighted by atomic mass is 9.65. The summed E-state index contributed by atoms with van der Waals surface area (Å²) in [7, 11) is 0. The van der Waals surface area contributed by atoms with Gasteiger partial charge in [0.1, 0.15) is 17.1 Å². The van der Waals surface area contributed by atoms with Gasteiger partial charge in [-0.1, -0.05) is 54.6 Å². The number of ketones is 2. The summed E-state index contributed by atoms with van der Waals surface area (Å²) in [5.74, 6) is -1.67. The molecule has 136 valence electrons. The highest BCUT2D eigenvalue weighted by Crippen LogP contribution is 2.46. The minimum absolute atomic E-state index is 0.243. The van der Waals surface area contributed by atoms with Gasteiger partial charge in [0.2, 0.25) is 0 Å². The maximum Gasteiger partial charge on any atom is 0.198 e. The average molecular weight is 360 g/mol. The van der Waals surface area contributed by atoms with Gasteiger partial charge >= 0.3 is 0 Å². The van der Waals surface area contributed by atoms with E-state index in [4.69, 9.17) is 4.42 Å². The van der Waals surface area contributed by atoms with Crippen LogP contribution in [0.2, 0.25) is 0 Å². The summed E-state index contributed by atoms with van der Waals surface area (Å²) >= 11 is 0. The summed E-state index contributed by atoms with van der Waals surface area (Å²) in [6, 6.07) is 19.4. The fourth-order valence-corrected chi connectivity index (χ4v) is 4.13. The first-order valence-corrected chi connectivity index (χ1v) is 8.91. The zero-order valence-corrected chi connectivity index (χ0v) is 15.2. The highest BCUT2D eigenvalue weighted by atomic mass is 16.3. The molecule has 1 heterocycles. The van der Waals surface area contributed by atoms with Gasteiger partial charge in [0, 0.05) is 0 Å². The van der Waals surface area contributed by atoms with E-state index in [0.717, 1.165) is 16.7 Å². The van der Waals surface area contributed by atoms with E-state index < -0.39 is 23.2 Å². The molecule has 4 heteroatoms. The molecule has 0 amide bonds. The first-order valence-electron chi connectivity index (χ1n) is 8.91. The molecular weight excluding hydrogens is 340 g/mol. The van der Waals surface area contributed by atoms with Crippen LogP contribution in [0.1, 0.15) is 41.4 Å². The number of benzene rings is 2. The molecule has 4 rings (SSSR count). The van der Waals surface area contributed by atoms with Crippen molar-refractivity contribution in [2.45, 2.75) is 25.4 Å². The summed E-state index contributed by atoms with van der Waals surface area (Å²) in [4.78, 5) is 25.1. The van der Waals surface area contributed by atoms with Crippen LogP contribution in [0.25, 0.3) is 11.1 Å². The molecule has 0 unspecified atom stereocenters. The Balaban J connectivity index is 1.82. The van der Waals surface area contributed by atoms with Gasteiger partial charge in [-0.2, -0.15) is 0 Å². The van der Waals surface area contributed by atoms with E-state index in [1.54, 1.807) is 6.07 Å². The molecule has 3 aromatic rings. The number of aliphatic hydroxyl groups is 1. The summed E-state index contributed by atoms with van der Waals surface area (Å²) in [5, 5.41) is 10.9. The number of carbonyl (C=O) groups excluding carboxylic acids is 2. The summed E-state index contributed by atoms with van der Waals surface area (Å²) in [6.45, 7) is 2.83. The van der Waals surface area contributed by atoms with E-state index >= 15 is 0 Å². The number of hydrogen-bond acceptors (Lipinski definition) is 4. The number of rotatable bonds is 3. The zero-order chi connectivity index (χ0) is 19.2. The van der Waals surface area contributed by atoms with Gasteiger partial charge < -0.3 is 9.52 Å². The Hall–Kier alpha value is -2.98. The maximum absolute atomic E-state index is 12.7.